The van der Waals surface area contributed by atoms with E-state index in [1.54, 1.807) is 71.6 Å². The summed E-state index contributed by atoms with van der Waals surface area (Å²) in [4.78, 5) is 69.8. The molecule has 20 heteroatoms. The summed E-state index contributed by atoms with van der Waals surface area (Å²) in [5.74, 6) is -1.04. The van der Waals surface area contributed by atoms with E-state index in [2.05, 4.69) is 20.4 Å². The van der Waals surface area contributed by atoms with E-state index >= 15 is 0 Å². The predicted octanol–water partition coefficient (Wildman–Crippen LogP) is 6.39. The van der Waals surface area contributed by atoms with Gasteiger partial charge in [-0.05, 0) is 96.1 Å². The number of esters is 1. The standard InChI is InChI=1S/C31H35N5O5.C23H21N3O6S/c1-3-40-30(38)21(2)35-17-15-34(16-18-35)19-25-20-36(31(39)41-25)24-13-11-23(12-14-24)28(32)33-29(37)27-10-6-8-22-7-4-5-9-26(22)27;1-33(29,30)31-14-18-13-26(23(28)32-18)17-11-9-16(10-12-17)21(24)25-22(27)20-8-4-6-15-5-2-3-7-19(15)20/h4-14,21,25H,3,15-20H2,1-2H3,(H2,32,33,37);2-12,18H,13-14H2,1H3,(H2,24,25,27). The zero-order chi connectivity index (χ0) is 52.5. The predicted molar refractivity (Wildman–Crippen MR) is 280 cm³/mol. The van der Waals surface area contributed by atoms with Crippen LogP contribution in [-0.4, -0.2) is 143 Å². The number of carbonyl (C=O) groups is 5. The second-order valence-electron chi connectivity index (χ2n) is 17.8. The monoisotopic (exact) mass is 1020 g/mol. The fourth-order valence-electron chi connectivity index (χ4n) is 8.85. The average Bonchev–Trinajstić information content (AvgIpc) is 3.98. The van der Waals surface area contributed by atoms with Crippen molar-refractivity contribution in [3.8, 4) is 0 Å². The molecule has 6 aromatic rings. The minimum absolute atomic E-state index is 0.0206. The van der Waals surface area contributed by atoms with E-state index in [1.807, 2.05) is 80.6 Å². The number of hydrogen-bond donors (Lipinski definition) is 4. The second kappa shape index (κ2) is 23.2. The molecule has 9 rings (SSSR count). The van der Waals surface area contributed by atoms with Gasteiger partial charge < -0.3 is 24.8 Å². The van der Waals surface area contributed by atoms with Crippen LogP contribution in [0.1, 0.15) is 45.7 Å². The van der Waals surface area contributed by atoms with Gasteiger partial charge in [-0.15, -0.1) is 0 Å². The van der Waals surface area contributed by atoms with E-state index in [4.69, 9.17) is 29.2 Å². The molecule has 4 amide bonds. The molecule has 0 aromatic heterocycles. The second-order valence-corrected chi connectivity index (χ2v) is 19.4. The number of ether oxygens (including phenoxy) is 3. The summed E-state index contributed by atoms with van der Waals surface area (Å²) in [5.41, 5.74) is 3.14. The van der Waals surface area contributed by atoms with Crippen molar-refractivity contribution in [2.24, 2.45) is 0 Å². The molecule has 3 fully saturated rings. The average molecular weight is 1030 g/mol. The van der Waals surface area contributed by atoms with E-state index in [1.165, 1.54) is 4.90 Å². The Morgan fingerprint density at radius 2 is 1.09 bits per heavy atom. The highest BCUT2D eigenvalue weighted by atomic mass is 32.2. The summed E-state index contributed by atoms with van der Waals surface area (Å²) in [6.45, 7) is 8.01. The molecule has 74 heavy (non-hydrogen) atoms. The highest BCUT2D eigenvalue weighted by Crippen LogP contribution is 2.26. The van der Waals surface area contributed by atoms with Gasteiger partial charge in [0.25, 0.3) is 21.9 Å². The number of carbonyl (C=O) groups excluding carboxylic acids is 5. The molecule has 0 radical (unpaired) electrons. The first-order chi connectivity index (χ1) is 35.5. The number of anilines is 2. The number of nitrogens with zero attached hydrogens (tertiary/aromatic N) is 4. The van der Waals surface area contributed by atoms with Crippen LogP contribution in [0.4, 0.5) is 21.0 Å². The molecule has 3 unspecified atom stereocenters. The number of benzene rings is 6. The Bertz CT molecular complexity index is 3190. The largest absolute Gasteiger partial charge is 0.465 e. The van der Waals surface area contributed by atoms with Crippen LogP contribution in [0.15, 0.2) is 133 Å². The molecule has 3 saturated heterocycles. The molecule has 0 spiro atoms. The SMILES string of the molecule is CCOC(=O)C(C)N1CCN(CC2CN(c3ccc(C(=N)NC(=O)c4cccc5ccccc45)cc3)C(=O)O2)CC1.CS(=O)(=O)OCC1CN(c2ccc(C(=N)NC(=O)c3cccc4ccccc34)cc2)C(=O)O1. The molecule has 4 N–H and O–H groups in total. The van der Waals surface area contributed by atoms with Gasteiger partial charge in [-0.3, -0.25) is 49.0 Å². The van der Waals surface area contributed by atoms with Crippen LogP contribution in [0.2, 0.25) is 0 Å². The summed E-state index contributed by atoms with van der Waals surface area (Å²) >= 11 is 0. The summed E-state index contributed by atoms with van der Waals surface area (Å²) < 4.78 is 42.9. The Balaban J connectivity index is 0.000000202. The summed E-state index contributed by atoms with van der Waals surface area (Å²) in [6, 6.07) is 39.2. The summed E-state index contributed by atoms with van der Waals surface area (Å²) in [5, 5.41) is 25.5. The van der Waals surface area contributed by atoms with Crippen molar-refractivity contribution < 1.29 is 50.8 Å². The normalized spacial score (nSPS) is 17.4. The zero-order valence-electron chi connectivity index (χ0n) is 41.0. The minimum Gasteiger partial charge on any atom is -0.465 e. The number of piperazine rings is 1. The van der Waals surface area contributed by atoms with Gasteiger partial charge in [0.05, 0.1) is 26.0 Å². The third kappa shape index (κ3) is 12.8. The Kier molecular flexibility index (Phi) is 16.4. The van der Waals surface area contributed by atoms with Gasteiger partial charge in [-0.25, -0.2) is 9.59 Å². The zero-order valence-corrected chi connectivity index (χ0v) is 41.8. The van der Waals surface area contributed by atoms with E-state index in [0.717, 1.165) is 54.0 Å². The van der Waals surface area contributed by atoms with Crippen LogP contribution < -0.4 is 20.4 Å². The van der Waals surface area contributed by atoms with Gasteiger partial charge >= 0.3 is 18.2 Å². The van der Waals surface area contributed by atoms with Crippen LogP contribution in [0.3, 0.4) is 0 Å². The fourth-order valence-corrected chi connectivity index (χ4v) is 9.25. The lowest BCUT2D eigenvalue weighted by Gasteiger charge is -2.37. The topological polar surface area (TPSA) is 241 Å². The maximum Gasteiger partial charge on any atom is 0.414 e. The molecule has 3 atom stereocenters. The summed E-state index contributed by atoms with van der Waals surface area (Å²) in [7, 11) is -3.64. The van der Waals surface area contributed by atoms with Gasteiger partial charge in [0, 0.05) is 66.4 Å². The molecular weight excluding hydrogens is 969 g/mol. The van der Waals surface area contributed by atoms with Crippen LogP contribution in [0.5, 0.6) is 0 Å². The van der Waals surface area contributed by atoms with Gasteiger partial charge in [0.1, 0.15) is 36.5 Å². The number of cyclic esters (lactones) is 2. The molecular formula is C54H56N8O11S. The number of amidine groups is 2. The third-order valence-corrected chi connectivity index (χ3v) is 13.3. The van der Waals surface area contributed by atoms with Gasteiger partial charge in [-0.1, -0.05) is 72.8 Å². The van der Waals surface area contributed by atoms with Crippen LogP contribution in [0.25, 0.3) is 21.5 Å². The lowest BCUT2D eigenvalue weighted by molar-refractivity contribution is -0.149. The van der Waals surface area contributed by atoms with Gasteiger partial charge in [0.2, 0.25) is 0 Å². The van der Waals surface area contributed by atoms with Gasteiger partial charge in [-0.2, -0.15) is 8.42 Å². The number of fused-ring (bicyclic) bond motifs is 2. The lowest BCUT2D eigenvalue weighted by Crippen LogP contribution is -2.53. The molecule has 3 heterocycles. The van der Waals surface area contributed by atoms with Crippen LogP contribution in [-0.2, 0) is 33.3 Å². The molecule has 0 saturated carbocycles. The Morgan fingerprint density at radius 3 is 1.57 bits per heavy atom. The van der Waals surface area contributed by atoms with Crippen molar-refractivity contribution in [3.05, 3.63) is 156 Å². The number of rotatable bonds is 14. The minimum atomic E-state index is -3.64. The number of nitrogens with one attached hydrogen (secondary N) is 4. The molecule has 0 bridgehead atoms. The van der Waals surface area contributed by atoms with Crippen molar-refractivity contribution in [2.75, 3.05) is 75.1 Å². The van der Waals surface area contributed by atoms with Crippen LogP contribution >= 0.6 is 0 Å². The number of hydrogen-bond acceptors (Lipinski definition) is 15. The number of amides is 4. The smallest absolute Gasteiger partial charge is 0.414 e. The highest BCUT2D eigenvalue weighted by Gasteiger charge is 2.36. The molecule has 0 aliphatic carbocycles. The van der Waals surface area contributed by atoms with Crippen molar-refractivity contribution in [2.45, 2.75) is 32.1 Å². The summed E-state index contributed by atoms with van der Waals surface area (Å²) in [6.07, 6.45) is -1.09. The van der Waals surface area contributed by atoms with E-state index in [0.29, 0.717) is 53.3 Å². The quantitative estimate of drug-likeness (QED) is 0.0305. The molecule has 6 aromatic carbocycles. The van der Waals surface area contributed by atoms with E-state index < -0.39 is 34.3 Å². The van der Waals surface area contributed by atoms with E-state index in [-0.39, 0.29) is 48.8 Å². The molecule has 384 valence electrons. The van der Waals surface area contributed by atoms with Crippen molar-refractivity contribution in [3.63, 3.8) is 0 Å². The fraction of sp³-hybridized carbons (Fsp3) is 0.278. The maximum atomic E-state index is 12.9. The molecule has 19 nitrogen and oxygen atoms in total. The molecule has 3 aliphatic heterocycles. The Hall–Kier alpha value is -8.04. The Labute approximate surface area is 428 Å². The van der Waals surface area contributed by atoms with Crippen molar-refractivity contribution >= 4 is 84.7 Å². The third-order valence-electron chi connectivity index (χ3n) is 12.7. The van der Waals surface area contributed by atoms with Crippen molar-refractivity contribution in [1.29, 1.82) is 10.8 Å². The highest BCUT2D eigenvalue weighted by molar-refractivity contribution is 7.86. The van der Waals surface area contributed by atoms with E-state index in [9.17, 15) is 32.4 Å². The Morgan fingerprint density at radius 1 is 0.649 bits per heavy atom. The lowest BCUT2D eigenvalue weighted by atomic mass is 10.0. The van der Waals surface area contributed by atoms with Crippen molar-refractivity contribution in [1.82, 2.24) is 20.4 Å². The molecule has 3 aliphatic rings. The first-order valence-corrected chi connectivity index (χ1v) is 25.8. The van der Waals surface area contributed by atoms with Crippen LogP contribution in [0, 0.1) is 10.8 Å². The maximum absolute atomic E-state index is 12.9. The first kappa shape index (κ1) is 52.3. The van der Waals surface area contributed by atoms with Gasteiger partial charge in [0.15, 0.2) is 0 Å². The first-order valence-electron chi connectivity index (χ1n) is 23.9.